The van der Waals surface area contributed by atoms with Crippen molar-refractivity contribution in [2.45, 2.75) is 26.4 Å². The Hall–Kier alpha value is -2.57. The van der Waals surface area contributed by atoms with Crippen molar-refractivity contribution in [2.24, 2.45) is 0 Å². The number of nitrogens with one attached hydrogen (secondary N) is 1. The van der Waals surface area contributed by atoms with Gasteiger partial charge in [0.05, 0.1) is 0 Å². The summed E-state index contributed by atoms with van der Waals surface area (Å²) < 4.78 is 0. The van der Waals surface area contributed by atoms with Crippen LogP contribution in [0.3, 0.4) is 0 Å². The zero-order valence-electron chi connectivity index (χ0n) is 13.7. The van der Waals surface area contributed by atoms with Gasteiger partial charge in [-0.05, 0) is 12.5 Å². The van der Waals surface area contributed by atoms with E-state index in [2.05, 4.69) is 5.32 Å². The van der Waals surface area contributed by atoms with Gasteiger partial charge < -0.3 is 20.2 Å². The van der Waals surface area contributed by atoms with Crippen LogP contribution in [0.5, 0.6) is 0 Å². The molecule has 0 heterocycles. The Morgan fingerprint density at radius 2 is 1.83 bits per heavy atom. The van der Waals surface area contributed by atoms with Gasteiger partial charge in [-0.1, -0.05) is 30.3 Å². The number of aliphatic carboxylic acids is 1. The van der Waals surface area contributed by atoms with Crippen LogP contribution in [0.4, 0.5) is 4.79 Å². The molecular weight excluding hydrogens is 298 g/mol. The highest BCUT2D eigenvalue weighted by Crippen LogP contribution is 2.08. The average Bonchev–Trinajstić information content (AvgIpc) is 2.51. The van der Waals surface area contributed by atoms with Crippen molar-refractivity contribution < 1.29 is 19.5 Å². The highest BCUT2D eigenvalue weighted by molar-refractivity contribution is 5.82. The van der Waals surface area contributed by atoms with Crippen molar-refractivity contribution >= 4 is 17.9 Å². The number of urea groups is 1. The summed E-state index contributed by atoms with van der Waals surface area (Å²) in [5, 5.41) is 11.8. The van der Waals surface area contributed by atoms with E-state index in [0.717, 1.165) is 5.56 Å². The number of carbonyl (C=O) groups excluding carboxylic acids is 2. The summed E-state index contributed by atoms with van der Waals surface area (Å²) in [7, 11) is 1.62. The number of amides is 3. The number of hydrogen-bond acceptors (Lipinski definition) is 3. The summed E-state index contributed by atoms with van der Waals surface area (Å²) in [5.41, 5.74) is 0.952. The summed E-state index contributed by atoms with van der Waals surface area (Å²) in [5.74, 6) is -1.31. The van der Waals surface area contributed by atoms with Crippen molar-refractivity contribution in [3.05, 3.63) is 35.9 Å². The van der Waals surface area contributed by atoms with Gasteiger partial charge in [0, 0.05) is 33.6 Å². The number of carbonyl (C=O) groups is 3. The van der Waals surface area contributed by atoms with Crippen LogP contribution in [0, 0.1) is 0 Å². The molecule has 1 rings (SSSR count). The van der Waals surface area contributed by atoms with Gasteiger partial charge in [-0.3, -0.25) is 4.79 Å². The van der Waals surface area contributed by atoms with Crippen molar-refractivity contribution in [1.29, 1.82) is 0 Å². The number of hydrogen-bond donors (Lipinski definition) is 2. The van der Waals surface area contributed by atoms with E-state index in [1.54, 1.807) is 7.05 Å². The third kappa shape index (κ3) is 5.98. The van der Waals surface area contributed by atoms with Gasteiger partial charge in [0.1, 0.15) is 6.04 Å². The third-order valence-electron chi connectivity index (χ3n) is 3.39. The molecule has 0 spiro atoms. The fraction of sp³-hybridized carbons (Fsp3) is 0.438. The fourth-order valence-corrected chi connectivity index (χ4v) is 2.08. The van der Waals surface area contributed by atoms with E-state index in [-0.39, 0.29) is 19.0 Å². The van der Waals surface area contributed by atoms with E-state index in [9.17, 15) is 19.5 Å². The second-order valence-corrected chi connectivity index (χ2v) is 5.31. The van der Waals surface area contributed by atoms with Gasteiger partial charge in [0.25, 0.3) is 0 Å². The van der Waals surface area contributed by atoms with Gasteiger partial charge in [0.15, 0.2) is 0 Å². The minimum Gasteiger partial charge on any atom is -0.480 e. The molecule has 2 N–H and O–H groups in total. The molecule has 23 heavy (non-hydrogen) atoms. The smallest absolute Gasteiger partial charge is 0.326 e. The topological polar surface area (TPSA) is 90.0 Å². The molecule has 0 aliphatic carbocycles. The number of rotatable bonds is 7. The summed E-state index contributed by atoms with van der Waals surface area (Å²) >= 11 is 0. The van der Waals surface area contributed by atoms with Gasteiger partial charge in [-0.25, -0.2) is 9.59 Å². The predicted molar refractivity (Wildman–Crippen MR) is 85.8 cm³/mol. The molecule has 0 aliphatic heterocycles. The molecule has 0 aliphatic rings. The zero-order valence-corrected chi connectivity index (χ0v) is 13.7. The van der Waals surface area contributed by atoms with Crippen molar-refractivity contribution in [2.75, 3.05) is 20.1 Å². The molecular formula is C16H23N3O4. The van der Waals surface area contributed by atoms with Gasteiger partial charge >= 0.3 is 12.0 Å². The maximum atomic E-state index is 12.5. The van der Waals surface area contributed by atoms with E-state index in [4.69, 9.17) is 0 Å². The van der Waals surface area contributed by atoms with Crippen LogP contribution in [0.1, 0.15) is 19.4 Å². The number of carboxylic acid groups (broad SMARTS) is 1. The first-order valence-electron chi connectivity index (χ1n) is 7.35. The molecule has 0 saturated carbocycles. The highest BCUT2D eigenvalue weighted by atomic mass is 16.4. The lowest BCUT2D eigenvalue weighted by Gasteiger charge is -2.31. The minimum absolute atomic E-state index is 0.130. The summed E-state index contributed by atoms with van der Waals surface area (Å²) in [6.07, 6.45) is 0. The Kier molecular flexibility index (Phi) is 7.05. The first-order chi connectivity index (χ1) is 10.8. The Labute approximate surface area is 135 Å². The lowest BCUT2D eigenvalue weighted by molar-refractivity contribution is -0.141. The third-order valence-corrected chi connectivity index (χ3v) is 3.39. The van der Waals surface area contributed by atoms with Crippen molar-refractivity contribution in [3.63, 3.8) is 0 Å². The van der Waals surface area contributed by atoms with Gasteiger partial charge in [-0.2, -0.15) is 0 Å². The quantitative estimate of drug-likeness (QED) is 0.788. The standard InChI is InChI=1S/C16H23N3O4/c1-12(15(21)22)19(10-9-17-13(2)20)16(23)18(3)11-14-7-5-4-6-8-14/h4-8,12H,9-11H2,1-3H3,(H,17,20)(H,21,22). The summed E-state index contributed by atoms with van der Waals surface area (Å²) in [6.45, 7) is 3.53. The molecule has 3 amide bonds. The molecule has 0 saturated heterocycles. The van der Waals surface area contributed by atoms with E-state index >= 15 is 0 Å². The van der Waals surface area contributed by atoms with Crippen molar-refractivity contribution in [3.8, 4) is 0 Å². The van der Waals surface area contributed by atoms with E-state index in [1.165, 1.54) is 23.6 Å². The Morgan fingerprint density at radius 1 is 1.22 bits per heavy atom. The molecule has 0 bridgehead atoms. The largest absolute Gasteiger partial charge is 0.480 e. The fourth-order valence-electron chi connectivity index (χ4n) is 2.08. The SMILES string of the molecule is CC(=O)NCCN(C(=O)N(C)Cc1ccccc1)C(C)C(=O)O. The van der Waals surface area contributed by atoms with Crippen LogP contribution < -0.4 is 5.32 Å². The molecule has 7 heteroatoms. The lowest BCUT2D eigenvalue weighted by Crippen LogP contribution is -2.51. The molecule has 0 fully saturated rings. The van der Waals surface area contributed by atoms with Crippen LogP contribution in [0.2, 0.25) is 0 Å². The normalized spacial score (nSPS) is 11.4. The maximum absolute atomic E-state index is 12.5. The van der Waals surface area contributed by atoms with Gasteiger partial charge in [-0.15, -0.1) is 0 Å². The van der Waals surface area contributed by atoms with Crippen molar-refractivity contribution in [1.82, 2.24) is 15.1 Å². The van der Waals surface area contributed by atoms with Crippen LogP contribution in [-0.4, -0.2) is 59.0 Å². The maximum Gasteiger partial charge on any atom is 0.326 e. The molecule has 1 unspecified atom stereocenters. The number of benzene rings is 1. The predicted octanol–water partition coefficient (Wildman–Crippen LogP) is 1.15. The Morgan fingerprint density at radius 3 is 2.35 bits per heavy atom. The summed E-state index contributed by atoms with van der Waals surface area (Å²) in [4.78, 5) is 37.4. The molecule has 1 aromatic carbocycles. The molecule has 126 valence electrons. The van der Waals surface area contributed by atoms with E-state index in [1.807, 2.05) is 30.3 Å². The first kappa shape index (κ1) is 18.5. The molecule has 0 radical (unpaired) electrons. The second-order valence-electron chi connectivity index (χ2n) is 5.31. The Balaban J connectivity index is 2.76. The number of carboxylic acids is 1. The second kappa shape index (κ2) is 8.77. The molecule has 7 nitrogen and oxygen atoms in total. The highest BCUT2D eigenvalue weighted by Gasteiger charge is 2.27. The summed E-state index contributed by atoms with van der Waals surface area (Å²) in [6, 6.07) is 8.06. The average molecular weight is 321 g/mol. The van der Waals surface area contributed by atoms with Crippen LogP contribution in [0.15, 0.2) is 30.3 Å². The van der Waals surface area contributed by atoms with Crippen LogP contribution in [0.25, 0.3) is 0 Å². The van der Waals surface area contributed by atoms with Crippen LogP contribution in [-0.2, 0) is 16.1 Å². The van der Waals surface area contributed by atoms with E-state index < -0.39 is 18.0 Å². The monoisotopic (exact) mass is 321 g/mol. The van der Waals surface area contributed by atoms with E-state index in [0.29, 0.717) is 6.54 Å². The molecule has 1 atom stereocenters. The zero-order chi connectivity index (χ0) is 17.4. The van der Waals surface area contributed by atoms with Crippen LogP contribution >= 0.6 is 0 Å². The molecule has 1 aromatic rings. The molecule has 0 aromatic heterocycles. The lowest BCUT2D eigenvalue weighted by atomic mass is 10.2. The first-order valence-corrected chi connectivity index (χ1v) is 7.35. The Bertz CT molecular complexity index is 548. The minimum atomic E-state index is -1.09. The van der Waals surface area contributed by atoms with Gasteiger partial charge in [0.2, 0.25) is 5.91 Å². The number of nitrogens with zero attached hydrogens (tertiary/aromatic N) is 2.